The summed E-state index contributed by atoms with van der Waals surface area (Å²) in [6, 6.07) is 0. The van der Waals surface area contributed by atoms with Gasteiger partial charge in [0, 0.05) is 21.4 Å². The zero-order valence-corrected chi connectivity index (χ0v) is 7.81. The number of fused-ring (bicyclic) bond motifs is 1. The fourth-order valence-electron chi connectivity index (χ4n) is 1.23. The van der Waals surface area contributed by atoms with Crippen molar-refractivity contribution in [3.05, 3.63) is 16.3 Å². The smallest absolute Gasteiger partial charge is 0.0217 e. The minimum atomic E-state index is 0.431. The molecule has 0 aromatic carbocycles. The predicted octanol–water partition coefficient (Wildman–Crippen LogP) is 3.13. The van der Waals surface area contributed by atoms with Crippen molar-refractivity contribution in [3.8, 4) is 0 Å². The van der Waals surface area contributed by atoms with Crippen LogP contribution in [0.1, 0.15) is 19.4 Å². The molecule has 0 fully saturated rings. The number of rotatable bonds is 0. The lowest BCUT2D eigenvalue weighted by Crippen LogP contribution is -2.14. The zero-order chi connectivity index (χ0) is 7.19. The van der Waals surface area contributed by atoms with Gasteiger partial charge in [-0.1, -0.05) is 13.8 Å². The lowest BCUT2D eigenvalue weighted by atomic mass is 9.90. The van der Waals surface area contributed by atoms with Gasteiger partial charge in [0.1, 0.15) is 0 Å². The van der Waals surface area contributed by atoms with Crippen LogP contribution >= 0.6 is 23.1 Å². The van der Waals surface area contributed by atoms with Gasteiger partial charge in [-0.25, -0.2) is 0 Å². The van der Waals surface area contributed by atoms with Gasteiger partial charge in [-0.15, -0.1) is 11.8 Å². The molecule has 2 rings (SSSR count). The Hall–Kier alpha value is 0.0500. The molecule has 0 nitrogen and oxygen atoms in total. The first-order valence-electron chi connectivity index (χ1n) is 3.40. The van der Waals surface area contributed by atoms with E-state index in [-0.39, 0.29) is 0 Å². The molecule has 54 valence electrons. The third-order valence-corrected chi connectivity index (χ3v) is 4.35. The number of hydrogen-bond donors (Lipinski definition) is 0. The summed E-state index contributed by atoms with van der Waals surface area (Å²) in [4.78, 5) is 1.51. The number of thiophene rings is 1. The number of thioether (sulfide) groups is 1. The molecule has 0 unspecified atom stereocenters. The maximum atomic E-state index is 2.32. The van der Waals surface area contributed by atoms with E-state index >= 15 is 0 Å². The molecule has 0 atom stereocenters. The molecule has 0 N–H and O–H groups in total. The van der Waals surface area contributed by atoms with E-state index in [1.807, 2.05) is 23.1 Å². The first kappa shape index (κ1) is 6.74. The molecule has 1 aliphatic rings. The van der Waals surface area contributed by atoms with Crippen LogP contribution in [0.5, 0.6) is 0 Å². The molecule has 1 aromatic rings. The van der Waals surface area contributed by atoms with Crippen molar-refractivity contribution in [1.29, 1.82) is 0 Å². The molecule has 0 aliphatic carbocycles. The molecule has 1 aliphatic heterocycles. The van der Waals surface area contributed by atoms with Gasteiger partial charge in [0.2, 0.25) is 0 Å². The van der Waals surface area contributed by atoms with Crippen molar-refractivity contribution < 1.29 is 0 Å². The highest BCUT2D eigenvalue weighted by Gasteiger charge is 2.30. The van der Waals surface area contributed by atoms with Gasteiger partial charge < -0.3 is 0 Å². The summed E-state index contributed by atoms with van der Waals surface area (Å²) in [6.45, 7) is 4.64. The lowest BCUT2D eigenvalue weighted by molar-refractivity contribution is 0.608. The van der Waals surface area contributed by atoms with Gasteiger partial charge in [0.05, 0.1) is 0 Å². The Bertz CT molecular complexity index is 248. The molecule has 1 aromatic heterocycles. The van der Waals surface area contributed by atoms with E-state index < -0.39 is 0 Å². The third-order valence-electron chi connectivity index (χ3n) is 1.94. The fraction of sp³-hybridized carbons (Fsp3) is 0.500. The topological polar surface area (TPSA) is 0 Å². The Morgan fingerprint density at radius 1 is 1.40 bits per heavy atom. The summed E-state index contributed by atoms with van der Waals surface area (Å²) in [7, 11) is 0. The van der Waals surface area contributed by atoms with Crippen molar-refractivity contribution in [3.63, 3.8) is 0 Å². The third kappa shape index (κ3) is 0.823. The maximum Gasteiger partial charge on any atom is 0.0217 e. The SMILES string of the molecule is CC1(C)CSc2cscc21. The molecule has 0 saturated heterocycles. The van der Waals surface area contributed by atoms with Gasteiger partial charge >= 0.3 is 0 Å². The standard InChI is InChI=1S/C8H10S2/c1-8(2)5-10-7-4-9-3-6(7)8/h3-4H,5H2,1-2H3. The van der Waals surface area contributed by atoms with E-state index in [1.165, 1.54) is 10.6 Å². The summed E-state index contributed by atoms with van der Waals surface area (Å²) in [5, 5.41) is 4.55. The quantitative estimate of drug-likeness (QED) is 0.576. The highest BCUT2D eigenvalue weighted by atomic mass is 32.2. The Morgan fingerprint density at radius 3 is 2.90 bits per heavy atom. The highest BCUT2D eigenvalue weighted by molar-refractivity contribution is 7.99. The predicted molar refractivity (Wildman–Crippen MR) is 48.1 cm³/mol. The molecule has 10 heavy (non-hydrogen) atoms. The van der Waals surface area contributed by atoms with E-state index in [0.717, 1.165) is 0 Å². The van der Waals surface area contributed by atoms with E-state index in [1.54, 1.807) is 5.56 Å². The van der Waals surface area contributed by atoms with Gasteiger partial charge in [-0.3, -0.25) is 0 Å². The largest absolute Gasteiger partial charge is 0.151 e. The van der Waals surface area contributed by atoms with Crippen LogP contribution in [0.2, 0.25) is 0 Å². The maximum absolute atomic E-state index is 2.32. The molecular formula is C8H10S2. The first-order valence-corrected chi connectivity index (χ1v) is 5.32. The highest BCUT2D eigenvalue weighted by Crippen LogP contribution is 2.45. The molecule has 2 heterocycles. The van der Waals surface area contributed by atoms with Crippen molar-refractivity contribution in [1.82, 2.24) is 0 Å². The summed E-state index contributed by atoms with van der Waals surface area (Å²) in [5.74, 6) is 1.26. The minimum Gasteiger partial charge on any atom is -0.151 e. The molecule has 0 saturated carbocycles. The van der Waals surface area contributed by atoms with Crippen molar-refractivity contribution >= 4 is 23.1 Å². The minimum absolute atomic E-state index is 0.431. The van der Waals surface area contributed by atoms with Gasteiger partial charge in [0.15, 0.2) is 0 Å². The second-order valence-electron chi connectivity index (χ2n) is 3.32. The van der Waals surface area contributed by atoms with Crippen LogP contribution < -0.4 is 0 Å². The zero-order valence-electron chi connectivity index (χ0n) is 6.18. The Labute approximate surface area is 69.6 Å². The molecule has 2 heteroatoms. The average Bonchev–Trinajstić information content (AvgIpc) is 2.36. The Morgan fingerprint density at radius 2 is 2.20 bits per heavy atom. The van der Waals surface area contributed by atoms with Gasteiger partial charge in [-0.05, 0) is 10.9 Å². The Kier molecular flexibility index (Phi) is 1.36. The van der Waals surface area contributed by atoms with Crippen LogP contribution in [-0.4, -0.2) is 5.75 Å². The van der Waals surface area contributed by atoms with Crippen LogP contribution in [0, 0.1) is 0 Å². The Balaban J connectivity index is 2.54. The second-order valence-corrected chi connectivity index (χ2v) is 5.08. The molecule has 0 amide bonds. The van der Waals surface area contributed by atoms with Crippen molar-refractivity contribution in [2.45, 2.75) is 24.2 Å². The van der Waals surface area contributed by atoms with Crippen LogP contribution in [0.3, 0.4) is 0 Å². The fourth-order valence-corrected chi connectivity index (χ4v) is 3.80. The summed E-state index contributed by atoms with van der Waals surface area (Å²) in [6.07, 6.45) is 0. The van der Waals surface area contributed by atoms with Crippen molar-refractivity contribution in [2.24, 2.45) is 0 Å². The molecule has 0 spiro atoms. The van der Waals surface area contributed by atoms with E-state index in [0.29, 0.717) is 5.41 Å². The lowest BCUT2D eigenvalue weighted by Gasteiger charge is -2.15. The molecular weight excluding hydrogens is 160 g/mol. The average molecular weight is 170 g/mol. The molecule has 0 radical (unpaired) electrons. The van der Waals surface area contributed by atoms with Gasteiger partial charge in [-0.2, -0.15) is 11.3 Å². The second kappa shape index (κ2) is 2.02. The first-order chi connectivity index (χ1) is 4.70. The summed E-state index contributed by atoms with van der Waals surface area (Å²) < 4.78 is 0. The van der Waals surface area contributed by atoms with E-state index in [2.05, 4.69) is 24.6 Å². The van der Waals surface area contributed by atoms with Crippen LogP contribution in [-0.2, 0) is 5.41 Å². The normalized spacial score (nSPS) is 21.0. The van der Waals surface area contributed by atoms with Crippen LogP contribution in [0.15, 0.2) is 15.7 Å². The summed E-state index contributed by atoms with van der Waals surface area (Å²) >= 11 is 3.82. The summed E-state index contributed by atoms with van der Waals surface area (Å²) in [5.41, 5.74) is 1.99. The van der Waals surface area contributed by atoms with Crippen LogP contribution in [0.25, 0.3) is 0 Å². The van der Waals surface area contributed by atoms with Crippen molar-refractivity contribution in [2.75, 3.05) is 5.75 Å². The number of hydrogen-bond acceptors (Lipinski definition) is 2. The van der Waals surface area contributed by atoms with E-state index in [9.17, 15) is 0 Å². The monoisotopic (exact) mass is 170 g/mol. The molecule has 0 bridgehead atoms. The van der Waals surface area contributed by atoms with Gasteiger partial charge in [0.25, 0.3) is 0 Å². The van der Waals surface area contributed by atoms with E-state index in [4.69, 9.17) is 0 Å². The van der Waals surface area contributed by atoms with Crippen LogP contribution in [0.4, 0.5) is 0 Å².